The number of carbonyl (C=O) groups is 1. The van der Waals surface area contributed by atoms with Crippen molar-refractivity contribution in [3.05, 3.63) is 23.8 Å². The molecular formula is C16H21NO3. The highest BCUT2D eigenvalue weighted by Gasteiger charge is 2.19. The average Bonchev–Trinajstić information content (AvgIpc) is 2.72. The van der Waals surface area contributed by atoms with Crippen LogP contribution < -0.4 is 14.8 Å². The Hall–Kier alpha value is -1.55. The molecule has 0 bridgehead atoms. The second kappa shape index (κ2) is 6.27. The van der Waals surface area contributed by atoms with E-state index in [1.54, 1.807) is 0 Å². The van der Waals surface area contributed by atoms with Crippen LogP contribution in [-0.4, -0.2) is 32.1 Å². The number of ether oxygens (including phenoxy) is 2. The molecule has 4 nitrogen and oxygen atoms in total. The van der Waals surface area contributed by atoms with Crippen LogP contribution in [0.2, 0.25) is 0 Å². The van der Waals surface area contributed by atoms with Crippen molar-refractivity contribution in [1.29, 1.82) is 0 Å². The molecule has 108 valence electrons. The van der Waals surface area contributed by atoms with Crippen LogP contribution in [-0.2, 0) is 0 Å². The SMILES string of the molecule is O=C(CC1CCNCC1)c1ccc2c(c1)OCCCO2. The van der Waals surface area contributed by atoms with E-state index in [4.69, 9.17) is 9.47 Å². The van der Waals surface area contributed by atoms with Gasteiger partial charge in [-0.3, -0.25) is 4.79 Å². The lowest BCUT2D eigenvalue weighted by molar-refractivity contribution is 0.0952. The highest BCUT2D eigenvalue weighted by Crippen LogP contribution is 2.31. The van der Waals surface area contributed by atoms with Crippen molar-refractivity contribution in [2.24, 2.45) is 5.92 Å². The summed E-state index contributed by atoms with van der Waals surface area (Å²) in [6, 6.07) is 5.55. The fraction of sp³-hybridized carbons (Fsp3) is 0.562. The largest absolute Gasteiger partial charge is 0.490 e. The Labute approximate surface area is 119 Å². The van der Waals surface area contributed by atoms with E-state index in [1.165, 1.54) is 0 Å². The van der Waals surface area contributed by atoms with Crippen LogP contribution in [0.15, 0.2) is 18.2 Å². The van der Waals surface area contributed by atoms with Crippen LogP contribution in [0.4, 0.5) is 0 Å². The minimum absolute atomic E-state index is 0.215. The number of fused-ring (bicyclic) bond motifs is 1. The second-order valence-electron chi connectivity index (χ2n) is 5.53. The molecule has 0 atom stereocenters. The third kappa shape index (κ3) is 3.12. The molecule has 2 aliphatic rings. The lowest BCUT2D eigenvalue weighted by Crippen LogP contribution is -2.28. The second-order valence-corrected chi connectivity index (χ2v) is 5.53. The number of hydrogen-bond acceptors (Lipinski definition) is 4. The predicted molar refractivity (Wildman–Crippen MR) is 76.6 cm³/mol. The number of carbonyl (C=O) groups excluding carboxylic acids is 1. The van der Waals surface area contributed by atoms with Crippen molar-refractivity contribution in [2.75, 3.05) is 26.3 Å². The van der Waals surface area contributed by atoms with E-state index in [0.717, 1.165) is 43.7 Å². The maximum atomic E-state index is 12.4. The maximum Gasteiger partial charge on any atom is 0.163 e. The summed E-state index contributed by atoms with van der Waals surface area (Å²) in [7, 11) is 0. The normalized spacial score (nSPS) is 19.4. The first-order valence-corrected chi connectivity index (χ1v) is 7.46. The van der Waals surface area contributed by atoms with Gasteiger partial charge in [0.1, 0.15) is 0 Å². The minimum atomic E-state index is 0.215. The fourth-order valence-corrected chi connectivity index (χ4v) is 2.80. The molecule has 0 amide bonds. The Balaban J connectivity index is 1.69. The number of rotatable bonds is 3. The Kier molecular flexibility index (Phi) is 4.21. The van der Waals surface area contributed by atoms with Gasteiger partial charge in [-0.2, -0.15) is 0 Å². The molecule has 0 spiro atoms. The zero-order valence-corrected chi connectivity index (χ0v) is 11.7. The third-order valence-electron chi connectivity index (χ3n) is 4.00. The van der Waals surface area contributed by atoms with Crippen LogP contribution in [0.3, 0.4) is 0 Å². The van der Waals surface area contributed by atoms with E-state index in [-0.39, 0.29) is 5.78 Å². The van der Waals surface area contributed by atoms with Gasteiger partial charge in [-0.1, -0.05) is 0 Å². The lowest BCUT2D eigenvalue weighted by Gasteiger charge is -2.21. The van der Waals surface area contributed by atoms with Gasteiger partial charge in [-0.25, -0.2) is 0 Å². The molecule has 1 aromatic rings. The Morgan fingerprint density at radius 3 is 2.70 bits per heavy atom. The van der Waals surface area contributed by atoms with Gasteiger partial charge in [-0.15, -0.1) is 0 Å². The van der Waals surface area contributed by atoms with Crippen LogP contribution in [0.5, 0.6) is 11.5 Å². The molecule has 0 saturated carbocycles. The molecule has 20 heavy (non-hydrogen) atoms. The van der Waals surface area contributed by atoms with E-state index < -0.39 is 0 Å². The highest BCUT2D eigenvalue weighted by molar-refractivity contribution is 5.96. The van der Waals surface area contributed by atoms with E-state index >= 15 is 0 Å². The molecule has 0 unspecified atom stereocenters. The van der Waals surface area contributed by atoms with E-state index in [0.29, 0.717) is 31.3 Å². The van der Waals surface area contributed by atoms with E-state index in [1.807, 2.05) is 18.2 Å². The van der Waals surface area contributed by atoms with Gasteiger partial charge in [-0.05, 0) is 50.0 Å². The van der Waals surface area contributed by atoms with Crippen molar-refractivity contribution in [3.8, 4) is 11.5 Å². The van der Waals surface area contributed by atoms with Gasteiger partial charge < -0.3 is 14.8 Å². The van der Waals surface area contributed by atoms with Crippen LogP contribution >= 0.6 is 0 Å². The number of nitrogens with one attached hydrogen (secondary N) is 1. The smallest absolute Gasteiger partial charge is 0.163 e. The Bertz CT molecular complexity index is 481. The predicted octanol–water partition coefficient (Wildman–Crippen LogP) is 2.42. The van der Waals surface area contributed by atoms with Gasteiger partial charge >= 0.3 is 0 Å². The Morgan fingerprint density at radius 2 is 1.90 bits per heavy atom. The molecule has 3 rings (SSSR count). The summed E-state index contributed by atoms with van der Waals surface area (Å²) in [6.07, 6.45) is 3.71. The summed E-state index contributed by atoms with van der Waals surface area (Å²) < 4.78 is 11.2. The van der Waals surface area contributed by atoms with E-state index in [2.05, 4.69) is 5.32 Å². The van der Waals surface area contributed by atoms with Crippen LogP contribution in [0.25, 0.3) is 0 Å². The Morgan fingerprint density at radius 1 is 1.15 bits per heavy atom. The summed E-state index contributed by atoms with van der Waals surface area (Å²) >= 11 is 0. The zero-order chi connectivity index (χ0) is 13.8. The number of piperidine rings is 1. The van der Waals surface area contributed by atoms with Gasteiger partial charge in [0.15, 0.2) is 17.3 Å². The van der Waals surface area contributed by atoms with Crippen molar-refractivity contribution < 1.29 is 14.3 Å². The molecule has 0 aromatic heterocycles. The third-order valence-corrected chi connectivity index (χ3v) is 4.00. The van der Waals surface area contributed by atoms with Crippen LogP contribution in [0.1, 0.15) is 36.0 Å². The number of hydrogen-bond donors (Lipinski definition) is 1. The highest BCUT2D eigenvalue weighted by atomic mass is 16.5. The minimum Gasteiger partial charge on any atom is -0.490 e. The summed E-state index contributed by atoms with van der Waals surface area (Å²) in [6.45, 7) is 3.38. The first-order chi connectivity index (χ1) is 9.83. The number of benzene rings is 1. The molecule has 2 aliphatic heterocycles. The quantitative estimate of drug-likeness (QED) is 0.861. The first kappa shape index (κ1) is 13.4. The van der Waals surface area contributed by atoms with E-state index in [9.17, 15) is 4.79 Å². The molecule has 2 heterocycles. The molecule has 1 aromatic carbocycles. The van der Waals surface area contributed by atoms with Gasteiger partial charge in [0.2, 0.25) is 0 Å². The zero-order valence-electron chi connectivity index (χ0n) is 11.7. The standard InChI is InChI=1S/C16H21NO3/c18-14(10-12-4-6-17-7-5-12)13-2-3-15-16(11-13)20-9-1-8-19-15/h2-3,11-12,17H,1,4-10H2. The van der Waals surface area contributed by atoms with Crippen LogP contribution in [0, 0.1) is 5.92 Å². The lowest BCUT2D eigenvalue weighted by atomic mass is 9.90. The van der Waals surface area contributed by atoms with Crippen molar-refractivity contribution in [1.82, 2.24) is 5.32 Å². The topological polar surface area (TPSA) is 47.6 Å². The molecule has 0 aliphatic carbocycles. The summed E-state index contributed by atoms with van der Waals surface area (Å²) in [4.78, 5) is 12.4. The summed E-state index contributed by atoms with van der Waals surface area (Å²) in [5.41, 5.74) is 0.743. The molecule has 1 N–H and O–H groups in total. The molecule has 1 fully saturated rings. The molecule has 0 radical (unpaired) electrons. The average molecular weight is 275 g/mol. The first-order valence-electron chi connectivity index (χ1n) is 7.46. The monoisotopic (exact) mass is 275 g/mol. The number of ketones is 1. The number of Topliss-reactive ketones (excluding diaryl/α,β-unsaturated/α-hetero) is 1. The maximum absolute atomic E-state index is 12.4. The summed E-state index contributed by atoms with van der Waals surface area (Å²) in [5.74, 6) is 2.19. The van der Waals surface area contributed by atoms with Crippen molar-refractivity contribution in [2.45, 2.75) is 25.7 Å². The van der Waals surface area contributed by atoms with Crippen molar-refractivity contribution in [3.63, 3.8) is 0 Å². The fourth-order valence-electron chi connectivity index (χ4n) is 2.80. The van der Waals surface area contributed by atoms with Crippen molar-refractivity contribution >= 4 is 5.78 Å². The molecule has 4 heteroatoms. The summed E-state index contributed by atoms with van der Waals surface area (Å²) in [5, 5.41) is 3.33. The van der Waals surface area contributed by atoms with Gasteiger partial charge in [0, 0.05) is 18.4 Å². The molecule has 1 saturated heterocycles. The van der Waals surface area contributed by atoms with Gasteiger partial charge in [0.05, 0.1) is 13.2 Å². The molecular weight excluding hydrogens is 254 g/mol. The van der Waals surface area contributed by atoms with Gasteiger partial charge in [0.25, 0.3) is 0 Å².